The fraction of sp³-hybridized carbons (Fsp3) is 0.500. The summed E-state index contributed by atoms with van der Waals surface area (Å²) in [5.74, 6) is 0.693. The number of nitrogen functional groups attached to an aromatic ring is 1. The van der Waals surface area contributed by atoms with Gasteiger partial charge in [0, 0.05) is 24.5 Å². The predicted octanol–water partition coefficient (Wildman–Crippen LogP) is 1.24. The summed E-state index contributed by atoms with van der Waals surface area (Å²) in [6, 6.07) is 3.47. The summed E-state index contributed by atoms with van der Waals surface area (Å²) in [6.07, 6.45) is 2.33. The van der Waals surface area contributed by atoms with Gasteiger partial charge in [-0.25, -0.2) is 4.98 Å². The third-order valence-corrected chi connectivity index (χ3v) is 2.20. The van der Waals surface area contributed by atoms with Crippen molar-refractivity contribution in [3.8, 4) is 0 Å². The minimum atomic E-state index is -0.702. The zero-order chi connectivity index (χ0) is 10.6. The second kappa shape index (κ2) is 4.28. The quantitative estimate of drug-likeness (QED) is 0.676. The molecular formula is C10H17N3O. The summed E-state index contributed by atoms with van der Waals surface area (Å²) in [5.41, 5.74) is 5.55. The summed E-state index contributed by atoms with van der Waals surface area (Å²) < 4.78 is 0. The van der Waals surface area contributed by atoms with Crippen LogP contribution in [-0.4, -0.2) is 22.2 Å². The molecule has 1 unspecified atom stereocenters. The van der Waals surface area contributed by atoms with Gasteiger partial charge in [-0.05, 0) is 19.4 Å². The van der Waals surface area contributed by atoms with Crippen LogP contribution in [0.15, 0.2) is 18.3 Å². The Balaban J connectivity index is 2.54. The Morgan fingerprint density at radius 1 is 1.64 bits per heavy atom. The number of pyridine rings is 1. The van der Waals surface area contributed by atoms with Gasteiger partial charge in [0.25, 0.3) is 0 Å². The van der Waals surface area contributed by atoms with E-state index >= 15 is 0 Å². The van der Waals surface area contributed by atoms with E-state index in [1.807, 2.05) is 6.92 Å². The van der Waals surface area contributed by atoms with Gasteiger partial charge in [0.15, 0.2) is 0 Å². The maximum absolute atomic E-state index is 9.73. The van der Waals surface area contributed by atoms with Crippen molar-refractivity contribution >= 4 is 11.5 Å². The molecule has 1 atom stereocenters. The molecule has 0 aromatic carbocycles. The lowest BCUT2D eigenvalue weighted by Crippen LogP contribution is -2.32. The Bertz CT molecular complexity index is 299. The van der Waals surface area contributed by atoms with Crippen molar-refractivity contribution in [1.82, 2.24) is 4.98 Å². The number of aromatic nitrogens is 1. The molecule has 0 aliphatic heterocycles. The van der Waals surface area contributed by atoms with Crippen LogP contribution in [0.3, 0.4) is 0 Å². The van der Waals surface area contributed by atoms with Gasteiger partial charge in [0.05, 0.1) is 5.60 Å². The van der Waals surface area contributed by atoms with Crippen LogP contribution in [0.25, 0.3) is 0 Å². The number of hydrogen-bond acceptors (Lipinski definition) is 4. The van der Waals surface area contributed by atoms with Crippen LogP contribution in [-0.2, 0) is 0 Å². The lowest BCUT2D eigenvalue weighted by atomic mass is 10.0. The van der Waals surface area contributed by atoms with Crippen LogP contribution in [0.5, 0.6) is 0 Å². The van der Waals surface area contributed by atoms with Crippen LogP contribution in [0.2, 0.25) is 0 Å². The second-order valence-electron chi connectivity index (χ2n) is 3.68. The Labute approximate surface area is 84.2 Å². The molecule has 14 heavy (non-hydrogen) atoms. The molecule has 4 heteroatoms. The van der Waals surface area contributed by atoms with Gasteiger partial charge in [0.1, 0.15) is 5.82 Å². The molecule has 0 aliphatic carbocycles. The molecule has 1 heterocycles. The molecule has 78 valence electrons. The van der Waals surface area contributed by atoms with E-state index in [-0.39, 0.29) is 0 Å². The van der Waals surface area contributed by atoms with Crippen molar-refractivity contribution in [1.29, 1.82) is 0 Å². The van der Waals surface area contributed by atoms with Crippen molar-refractivity contribution in [3.05, 3.63) is 18.3 Å². The minimum absolute atomic E-state index is 0.472. The maximum atomic E-state index is 9.73. The molecule has 0 bridgehead atoms. The number of hydrogen-bond donors (Lipinski definition) is 3. The summed E-state index contributed by atoms with van der Waals surface area (Å²) in [6.45, 7) is 4.20. The molecule has 1 rings (SSSR count). The largest absolute Gasteiger partial charge is 0.399 e. The number of nitrogens with two attached hydrogens (primary N) is 1. The Morgan fingerprint density at radius 3 is 2.93 bits per heavy atom. The van der Waals surface area contributed by atoms with Crippen molar-refractivity contribution in [2.45, 2.75) is 25.9 Å². The molecular weight excluding hydrogens is 178 g/mol. The Hall–Kier alpha value is -1.29. The standard InChI is InChI=1S/C10H17N3O/c1-3-10(2,14)7-13-9-6-8(11)4-5-12-9/h4-6,14H,3,7H2,1-2H3,(H3,11,12,13). The van der Waals surface area contributed by atoms with Gasteiger partial charge >= 0.3 is 0 Å². The predicted molar refractivity (Wildman–Crippen MR) is 58.1 cm³/mol. The van der Waals surface area contributed by atoms with Gasteiger partial charge in [-0.3, -0.25) is 0 Å². The average Bonchev–Trinajstić information content (AvgIpc) is 2.15. The van der Waals surface area contributed by atoms with E-state index in [9.17, 15) is 5.11 Å². The highest BCUT2D eigenvalue weighted by atomic mass is 16.3. The van der Waals surface area contributed by atoms with Crippen molar-refractivity contribution in [2.75, 3.05) is 17.6 Å². The third kappa shape index (κ3) is 3.22. The van der Waals surface area contributed by atoms with E-state index in [0.29, 0.717) is 24.5 Å². The number of nitrogens with zero attached hydrogens (tertiary/aromatic N) is 1. The molecule has 0 spiro atoms. The molecule has 4 N–H and O–H groups in total. The van der Waals surface area contributed by atoms with Crippen LogP contribution in [0.1, 0.15) is 20.3 Å². The minimum Gasteiger partial charge on any atom is -0.399 e. The molecule has 1 aromatic heterocycles. The van der Waals surface area contributed by atoms with Crippen LogP contribution >= 0.6 is 0 Å². The zero-order valence-electron chi connectivity index (χ0n) is 8.62. The first-order valence-electron chi connectivity index (χ1n) is 4.71. The molecule has 0 fully saturated rings. The smallest absolute Gasteiger partial charge is 0.128 e. The molecule has 1 aromatic rings. The van der Waals surface area contributed by atoms with E-state index in [1.54, 1.807) is 25.3 Å². The van der Waals surface area contributed by atoms with Gasteiger partial charge in [-0.2, -0.15) is 0 Å². The first kappa shape index (κ1) is 10.8. The molecule has 0 amide bonds. The van der Waals surface area contributed by atoms with E-state index in [2.05, 4.69) is 10.3 Å². The van der Waals surface area contributed by atoms with E-state index < -0.39 is 5.60 Å². The maximum Gasteiger partial charge on any atom is 0.128 e. The van der Waals surface area contributed by atoms with E-state index in [1.165, 1.54) is 0 Å². The van der Waals surface area contributed by atoms with Crippen LogP contribution in [0.4, 0.5) is 11.5 Å². The SMILES string of the molecule is CCC(C)(O)CNc1cc(N)ccn1. The lowest BCUT2D eigenvalue weighted by molar-refractivity contribution is 0.0696. The first-order chi connectivity index (χ1) is 6.53. The third-order valence-electron chi connectivity index (χ3n) is 2.20. The second-order valence-corrected chi connectivity index (χ2v) is 3.68. The fourth-order valence-corrected chi connectivity index (χ4v) is 0.950. The summed E-state index contributed by atoms with van der Waals surface area (Å²) in [7, 11) is 0. The van der Waals surface area contributed by atoms with Gasteiger partial charge in [-0.1, -0.05) is 6.92 Å². The zero-order valence-corrected chi connectivity index (χ0v) is 8.62. The van der Waals surface area contributed by atoms with Crippen LogP contribution < -0.4 is 11.1 Å². The topological polar surface area (TPSA) is 71.2 Å². The molecule has 0 radical (unpaired) electrons. The molecule has 0 saturated carbocycles. The Kier molecular flexibility index (Phi) is 3.30. The highest BCUT2D eigenvalue weighted by molar-refractivity contribution is 5.48. The number of anilines is 2. The highest BCUT2D eigenvalue weighted by Gasteiger charge is 2.16. The summed E-state index contributed by atoms with van der Waals surface area (Å²) >= 11 is 0. The normalized spacial score (nSPS) is 14.8. The fourth-order valence-electron chi connectivity index (χ4n) is 0.950. The van der Waals surface area contributed by atoms with Crippen molar-refractivity contribution in [2.24, 2.45) is 0 Å². The van der Waals surface area contributed by atoms with E-state index in [4.69, 9.17) is 5.73 Å². The monoisotopic (exact) mass is 195 g/mol. The average molecular weight is 195 g/mol. The first-order valence-corrected chi connectivity index (χ1v) is 4.71. The summed E-state index contributed by atoms with van der Waals surface area (Å²) in [5, 5.41) is 12.8. The van der Waals surface area contributed by atoms with Gasteiger partial charge in [0.2, 0.25) is 0 Å². The highest BCUT2D eigenvalue weighted by Crippen LogP contribution is 2.12. The van der Waals surface area contributed by atoms with Crippen molar-refractivity contribution in [3.63, 3.8) is 0 Å². The van der Waals surface area contributed by atoms with Gasteiger partial charge in [-0.15, -0.1) is 0 Å². The van der Waals surface area contributed by atoms with Crippen LogP contribution in [0, 0.1) is 0 Å². The lowest BCUT2D eigenvalue weighted by Gasteiger charge is -2.21. The van der Waals surface area contributed by atoms with E-state index in [0.717, 1.165) is 0 Å². The molecule has 0 aliphatic rings. The van der Waals surface area contributed by atoms with Gasteiger partial charge < -0.3 is 16.2 Å². The number of rotatable bonds is 4. The number of nitrogens with one attached hydrogen (secondary N) is 1. The molecule has 4 nitrogen and oxygen atoms in total. The number of aliphatic hydroxyl groups is 1. The van der Waals surface area contributed by atoms with Crippen molar-refractivity contribution < 1.29 is 5.11 Å². The Morgan fingerprint density at radius 2 is 2.36 bits per heavy atom. The summed E-state index contributed by atoms with van der Waals surface area (Å²) in [4.78, 5) is 4.07. The molecule has 0 saturated heterocycles.